The molecule has 1 N–H and O–H groups in total. The van der Waals surface area contributed by atoms with Crippen LogP contribution in [0, 0.1) is 17.0 Å². The zero-order valence-electron chi connectivity index (χ0n) is 10.2. The van der Waals surface area contributed by atoms with Gasteiger partial charge in [0, 0.05) is 23.4 Å². The minimum atomic E-state index is -0.508. The number of carbonyl (C=O) groups is 1. The van der Waals surface area contributed by atoms with Crippen LogP contribution >= 0.6 is 0 Å². The summed E-state index contributed by atoms with van der Waals surface area (Å²) in [5.74, 6) is -0.333. The summed E-state index contributed by atoms with van der Waals surface area (Å²) in [6.07, 6.45) is 1.55. The molecule has 0 fully saturated rings. The number of benzene rings is 1. The summed E-state index contributed by atoms with van der Waals surface area (Å²) in [5.41, 5.74) is 1.74. The lowest BCUT2D eigenvalue weighted by molar-refractivity contribution is -0.384. The third-order valence-electron chi connectivity index (χ3n) is 2.51. The van der Waals surface area contributed by atoms with Gasteiger partial charge in [-0.25, -0.2) is 0 Å². The van der Waals surface area contributed by atoms with Crippen LogP contribution in [0.2, 0.25) is 0 Å². The van der Waals surface area contributed by atoms with Crippen molar-refractivity contribution in [2.24, 2.45) is 0 Å². The number of nitro groups is 1. The second kappa shape index (κ2) is 5.26. The first kappa shape index (κ1) is 12.7. The first-order chi connectivity index (χ1) is 9.06. The van der Waals surface area contributed by atoms with Gasteiger partial charge in [0.25, 0.3) is 11.6 Å². The van der Waals surface area contributed by atoms with Crippen molar-refractivity contribution in [2.75, 3.05) is 5.32 Å². The lowest BCUT2D eigenvalue weighted by Gasteiger charge is -2.04. The molecule has 6 nitrogen and oxygen atoms in total. The van der Waals surface area contributed by atoms with Gasteiger partial charge in [0.05, 0.1) is 16.8 Å². The van der Waals surface area contributed by atoms with Gasteiger partial charge in [0.1, 0.15) is 0 Å². The number of carbonyl (C=O) groups excluding carboxylic acids is 1. The van der Waals surface area contributed by atoms with Crippen molar-refractivity contribution in [2.45, 2.75) is 6.92 Å². The molecule has 1 aromatic heterocycles. The van der Waals surface area contributed by atoms with E-state index in [0.29, 0.717) is 11.3 Å². The third kappa shape index (κ3) is 3.12. The zero-order valence-corrected chi connectivity index (χ0v) is 10.2. The average molecular weight is 257 g/mol. The number of nitrogens with zero attached hydrogens (tertiary/aromatic N) is 2. The number of non-ortho nitro benzene ring substituents is 1. The minimum absolute atomic E-state index is 0.0476. The van der Waals surface area contributed by atoms with E-state index in [1.807, 2.05) is 6.92 Å². The number of aromatic nitrogens is 1. The largest absolute Gasteiger partial charge is 0.321 e. The van der Waals surface area contributed by atoms with Gasteiger partial charge in [0.15, 0.2) is 0 Å². The molecule has 0 bridgehead atoms. The smallest absolute Gasteiger partial charge is 0.269 e. The molecule has 1 heterocycles. The number of rotatable bonds is 3. The second-order valence-corrected chi connectivity index (χ2v) is 3.95. The van der Waals surface area contributed by atoms with Crippen LogP contribution in [-0.4, -0.2) is 15.8 Å². The average Bonchev–Trinajstić information content (AvgIpc) is 2.41. The summed E-state index contributed by atoms with van der Waals surface area (Å²) in [5, 5.41) is 13.2. The molecular weight excluding hydrogens is 246 g/mol. The SMILES string of the molecule is Cc1ccc(NC(=O)c2ccc([N+](=O)[O-])cc2)cn1. The standard InChI is InChI=1S/C13H11N3O3/c1-9-2-5-11(8-14-9)15-13(17)10-3-6-12(7-4-10)16(18)19/h2-8H,1H3,(H,15,17). The second-order valence-electron chi connectivity index (χ2n) is 3.95. The van der Waals surface area contributed by atoms with Crippen molar-refractivity contribution in [3.63, 3.8) is 0 Å². The first-order valence-corrected chi connectivity index (χ1v) is 5.55. The Kier molecular flexibility index (Phi) is 3.51. The summed E-state index contributed by atoms with van der Waals surface area (Å²) in [4.78, 5) is 25.9. The van der Waals surface area contributed by atoms with Crippen LogP contribution in [0.4, 0.5) is 11.4 Å². The van der Waals surface area contributed by atoms with Crippen LogP contribution in [0.5, 0.6) is 0 Å². The molecule has 1 aromatic carbocycles. The molecule has 0 aliphatic carbocycles. The highest BCUT2D eigenvalue weighted by atomic mass is 16.6. The third-order valence-corrected chi connectivity index (χ3v) is 2.51. The summed E-state index contributed by atoms with van der Waals surface area (Å²) in [6.45, 7) is 1.85. The van der Waals surface area contributed by atoms with E-state index in [0.717, 1.165) is 5.69 Å². The Hall–Kier alpha value is -2.76. The van der Waals surface area contributed by atoms with E-state index in [2.05, 4.69) is 10.3 Å². The van der Waals surface area contributed by atoms with Crippen molar-refractivity contribution in [1.29, 1.82) is 0 Å². The summed E-state index contributed by atoms with van der Waals surface area (Å²) in [7, 11) is 0. The minimum Gasteiger partial charge on any atom is -0.321 e. The lowest BCUT2D eigenvalue weighted by Crippen LogP contribution is -2.12. The Morgan fingerprint density at radius 3 is 2.42 bits per heavy atom. The Balaban J connectivity index is 2.11. The first-order valence-electron chi connectivity index (χ1n) is 5.55. The van der Waals surface area contributed by atoms with Gasteiger partial charge in [-0.15, -0.1) is 0 Å². The van der Waals surface area contributed by atoms with Crippen LogP contribution < -0.4 is 5.32 Å². The number of amides is 1. The lowest BCUT2D eigenvalue weighted by atomic mass is 10.2. The summed E-state index contributed by atoms with van der Waals surface area (Å²) in [6, 6.07) is 8.94. The van der Waals surface area contributed by atoms with E-state index in [4.69, 9.17) is 0 Å². The van der Waals surface area contributed by atoms with Crippen LogP contribution in [0.25, 0.3) is 0 Å². The highest BCUT2D eigenvalue weighted by Crippen LogP contribution is 2.13. The van der Waals surface area contributed by atoms with E-state index >= 15 is 0 Å². The van der Waals surface area contributed by atoms with E-state index in [1.54, 1.807) is 18.3 Å². The Bertz CT molecular complexity index is 606. The molecule has 96 valence electrons. The van der Waals surface area contributed by atoms with Crippen LogP contribution in [0.1, 0.15) is 16.1 Å². The molecule has 0 atom stereocenters. The monoisotopic (exact) mass is 257 g/mol. The molecule has 1 amide bonds. The molecule has 0 saturated carbocycles. The molecule has 2 rings (SSSR count). The Morgan fingerprint density at radius 1 is 1.21 bits per heavy atom. The van der Waals surface area contributed by atoms with E-state index in [-0.39, 0.29) is 11.6 Å². The van der Waals surface area contributed by atoms with E-state index < -0.39 is 4.92 Å². The predicted octanol–water partition coefficient (Wildman–Crippen LogP) is 2.55. The molecule has 0 spiro atoms. The Morgan fingerprint density at radius 2 is 1.89 bits per heavy atom. The number of nitro benzene ring substituents is 1. The number of hydrogen-bond acceptors (Lipinski definition) is 4. The van der Waals surface area contributed by atoms with Crippen molar-refractivity contribution in [3.05, 3.63) is 64.0 Å². The normalized spacial score (nSPS) is 9.95. The van der Waals surface area contributed by atoms with Crippen LogP contribution in [0.3, 0.4) is 0 Å². The van der Waals surface area contributed by atoms with Gasteiger partial charge in [-0.3, -0.25) is 19.9 Å². The van der Waals surface area contributed by atoms with Gasteiger partial charge < -0.3 is 5.32 Å². The molecule has 6 heteroatoms. The van der Waals surface area contributed by atoms with Crippen molar-refractivity contribution >= 4 is 17.3 Å². The maximum absolute atomic E-state index is 11.9. The topological polar surface area (TPSA) is 85.1 Å². The quantitative estimate of drug-likeness (QED) is 0.676. The molecule has 19 heavy (non-hydrogen) atoms. The highest BCUT2D eigenvalue weighted by molar-refractivity contribution is 6.04. The molecule has 2 aromatic rings. The predicted molar refractivity (Wildman–Crippen MR) is 70.0 cm³/mol. The fraction of sp³-hybridized carbons (Fsp3) is 0.0769. The van der Waals surface area contributed by atoms with Crippen molar-refractivity contribution in [1.82, 2.24) is 4.98 Å². The van der Waals surface area contributed by atoms with Gasteiger partial charge >= 0.3 is 0 Å². The fourth-order valence-corrected chi connectivity index (χ4v) is 1.48. The maximum atomic E-state index is 11.9. The maximum Gasteiger partial charge on any atom is 0.269 e. The molecule has 0 unspecified atom stereocenters. The van der Waals surface area contributed by atoms with Crippen molar-refractivity contribution in [3.8, 4) is 0 Å². The highest BCUT2D eigenvalue weighted by Gasteiger charge is 2.09. The van der Waals surface area contributed by atoms with Crippen LogP contribution in [0.15, 0.2) is 42.6 Å². The fourth-order valence-electron chi connectivity index (χ4n) is 1.48. The molecule has 0 radical (unpaired) electrons. The molecule has 0 aliphatic heterocycles. The summed E-state index contributed by atoms with van der Waals surface area (Å²) >= 11 is 0. The van der Waals surface area contributed by atoms with E-state index in [1.165, 1.54) is 24.3 Å². The van der Waals surface area contributed by atoms with Crippen molar-refractivity contribution < 1.29 is 9.72 Å². The van der Waals surface area contributed by atoms with Gasteiger partial charge in [-0.05, 0) is 31.2 Å². The van der Waals surface area contributed by atoms with E-state index in [9.17, 15) is 14.9 Å². The number of nitrogens with one attached hydrogen (secondary N) is 1. The van der Waals surface area contributed by atoms with Gasteiger partial charge in [0.2, 0.25) is 0 Å². The van der Waals surface area contributed by atoms with Gasteiger partial charge in [-0.2, -0.15) is 0 Å². The summed E-state index contributed by atoms with van der Waals surface area (Å²) < 4.78 is 0. The van der Waals surface area contributed by atoms with Crippen LogP contribution in [-0.2, 0) is 0 Å². The molecule has 0 aliphatic rings. The molecule has 0 saturated heterocycles. The number of pyridine rings is 1. The number of hydrogen-bond donors (Lipinski definition) is 1. The number of aryl methyl sites for hydroxylation is 1. The zero-order chi connectivity index (χ0) is 13.8. The van der Waals surface area contributed by atoms with Gasteiger partial charge in [-0.1, -0.05) is 0 Å². The molecular formula is C13H11N3O3. The number of anilines is 1. The Labute approximate surface area is 109 Å².